The normalized spacial score (nSPS) is 32.8. The first-order chi connectivity index (χ1) is 5.16. The number of thioether (sulfide) groups is 1. The number of aliphatic hydroxyl groups excluding tert-OH is 1. The van der Waals surface area contributed by atoms with E-state index in [-0.39, 0.29) is 6.61 Å². The molecule has 1 nitrogen and oxygen atoms in total. The van der Waals surface area contributed by atoms with Crippen molar-refractivity contribution in [3.05, 3.63) is 11.6 Å². The molecule has 1 unspecified atom stereocenters. The van der Waals surface area contributed by atoms with Gasteiger partial charge >= 0.3 is 0 Å². The molecule has 0 spiro atoms. The van der Waals surface area contributed by atoms with Crippen molar-refractivity contribution in [2.24, 2.45) is 0 Å². The summed E-state index contributed by atoms with van der Waals surface area (Å²) in [5.41, 5.74) is 1.10. The predicted molar refractivity (Wildman–Crippen MR) is 50.9 cm³/mol. The van der Waals surface area contributed by atoms with Crippen LogP contribution in [0.2, 0.25) is 0 Å². The topological polar surface area (TPSA) is 20.2 Å². The van der Waals surface area contributed by atoms with Gasteiger partial charge in [0.25, 0.3) is 0 Å². The summed E-state index contributed by atoms with van der Waals surface area (Å²) >= 11 is 2.00. The predicted octanol–water partition coefficient (Wildman–Crippen LogP) is 2.21. The van der Waals surface area contributed by atoms with Gasteiger partial charge in [-0.1, -0.05) is 11.6 Å². The largest absolute Gasteiger partial charge is 0.392 e. The molecule has 64 valence electrons. The minimum absolute atomic E-state index is 0.205. The van der Waals surface area contributed by atoms with Crippen molar-refractivity contribution in [2.45, 2.75) is 31.4 Å². The standard InChI is InChI=1S/C9H16OS/c1-8(7-10)6-9(2)4-3-5-11-9/h6,10H,3-5,7H2,1-2H3/b8-6+. The molecule has 1 rings (SSSR count). The van der Waals surface area contributed by atoms with Crippen LogP contribution in [0.3, 0.4) is 0 Å². The van der Waals surface area contributed by atoms with Crippen LogP contribution in [-0.2, 0) is 0 Å². The molecule has 0 aromatic rings. The summed E-state index contributed by atoms with van der Waals surface area (Å²) in [5.74, 6) is 1.27. The molecule has 0 saturated carbocycles. The SMILES string of the molecule is C/C(=C\C1(C)CCCS1)CO. The minimum atomic E-state index is 0.205. The second-order valence-corrected chi connectivity index (χ2v) is 5.04. The Hall–Kier alpha value is 0.0500. The van der Waals surface area contributed by atoms with Crippen molar-refractivity contribution in [3.63, 3.8) is 0 Å². The number of rotatable bonds is 2. The molecule has 0 amide bonds. The molecular weight excluding hydrogens is 156 g/mol. The van der Waals surface area contributed by atoms with E-state index in [9.17, 15) is 0 Å². The van der Waals surface area contributed by atoms with Crippen LogP contribution in [0.4, 0.5) is 0 Å². The first-order valence-corrected chi connectivity index (χ1v) is 5.08. The quantitative estimate of drug-likeness (QED) is 0.644. The lowest BCUT2D eigenvalue weighted by Crippen LogP contribution is -2.12. The van der Waals surface area contributed by atoms with Gasteiger partial charge in [0, 0.05) is 4.75 Å². The Morgan fingerprint density at radius 3 is 2.91 bits per heavy atom. The highest BCUT2D eigenvalue weighted by molar-refractivity contribution is 8.01. The monoisotopic (exact) mass is 172 g/mol. The smallest absolute Gasteiger partial charge is 0.0639 e. The second-order valence-electron chi connectivity index (χ2n) is 3.41. The Labute approximate surface area is 72.9 Å². The number of aliphatic hydroxyl groups is 1. The van der Waals surface area contributed by atoms with Crippen molar-refractivity contribution >= 4 is 11.8 Å². The van der Waals surface area contributed by atoms with E-state index in [4.69, 9.17) is 5.11 Å². The lowest BCUT2D eigenvalue weighted by molar-refractivity contribution is 0.330. The zero-order valence-electron chi connectivity index (χ0n) is 7.26. The van der Waals surface area contributed by atoms with E-state index >= 15 is 0 Å². The maximum Gasteiger partial charge on any atom is 0.0639 e. The number of hydrogen-bond acceptors (Lipinski definition) is 2. The molecule has 1 aliphatic rings. The molecular formula is C9H16OS. The molecule has 1 fully saturated rings. The molecule has 1 N–H and O–H groups in total. The van der Waals surface area contributed by atoms with Crippen molar-refractivity contribution < 1.29 is 5.11 Å². The fraction of sp³-hybridized carbons (Fsp3) is 0.778. The van der Waals surface area contributed by atoms with E-state index in [1.807, 2.05) is 18.7 Å². The summed E-state index contributed by atoms with van der Waals surface area (Å²) in [5, 5.41) is 8.83. The Morgan fingerprint density at radius 2 is 2.45 bits per heavy atom. The average molecular weight is 172 g/mol. The second kappa shape index (κ2) is 3.63. The van der Waals surface area contributed by atoms with Crippen LogP contribution < -0.4 is 0 Å². The van der Waals surface area contributed by atoms with Crippen LogP contribution in [-0.4, -0.2) is 22.2 Å². The highest BCUT2D eigenvalue weighted by Gasteiger charge is 2.26. The van der Waals surface area contributed by atoms with Crippen LogP contribution in [0.5, 0.6) is 0 Å². The Kier molecular flexibility index (Phi) is 3.02. The number of hydrogen-bond donors (Lipinski definition) is 1. The maximum atomic E-state index is 8.83. The van der Waals surface area contributed by atoms with Gasteiger partial charge in [-0.25, -0.2) is 0 Å². The molecule has 0 aromatic heterocycles. The maximum absolute atomic E-state index is 8.83. The molecule has 0 aliphatic carbocycles. The molecule has 2 heteroatoms. The molecule has 0 radical (unpaired) electrons. The van der Waals surface area contributed by atoms with Crippen molar-refractivity contribution in [2.75, 3.05) is 12.4 Å². The molecule has 1 heterocycles. The first kappa shape index (κ1) is 9.14. The van der Waals surface area contributed by atoms with Gasteiger partial charge in [0.2, 0.25) is 0 Å². The molecule has 11 heavy (non-hydrogen) atoms. The highest BCUT2D eigenvalue weighted by atomic mass is 32.2. The van der Waals surface area contributed by atoms with E-state index in [2.05, 4.69) is 13.0 Å². The first-order valence-electron chi connectivity index (χ1n) is 4.09. The van der Waals surface area contributed by atoms with Crippen molar-refractivity contribution in [1.29, 1.82) is 0 Å². The van der Waals surface area contributed by atoms with Gasteiger partial charge in [-0.2, -0.15) is 11.8 Å². The summed E-state index contributed by atoms with van der Waals surface area (Å²) in [6, 6.07) is 0. The fourth-order valence-corrected chi connectivity index (χ4v) is 2.81. The molecule has 0 aromatic carbocycles. The van der Waals surface area contributed by atoms with E-state index in [0.717, 1.165) is 5.57 Å². The zero-order chi connectivity index (χ0) is 8.32. The lowest BCUT2D eigenvalue weighted by atomic mass is 10.0. The highest BCUT2D eigenvalue weighted by Crippen LogP contribution is 2.39. The van der Waals surface area contributed by atoms with Gasteiger partial charge < -0.3 is 5.11 Å². The summed E-state index contributed by atoms with van der Waals surface area (Å²) in [6.45, 7) is 4.45. The van der Waals surface area contributed by atoms with Crippen LogP contribution in [0.15, 0.2) is 11.6 Å². The van der Waals surface area contributed by atoms with Crippen molar-refractivity contribution in [3.8, 4) is 0 Å². The molecule has 1 saturated heterocycles. The van der Waals surface area contributed by atoms with E-state index in [1.54, 1.807) is 0 Å². The third-order valence-corrected chi connectivity index (χ3v) is 3.52. The summed E-state index contributed by atoms with van der Waals surface area (Å²) in [7, 11) is 0. The minimum Gasteiger partial charge on any atom is -0.392 e. The summed E-state index contributed by atoms with van der Waals surface area (Å²) in [6.07, 6.45) is 4.79. The van der Waals surface area contributed by atoms with Crippen LogP contribution >= 0.6 is 11.8 Å². The molecule has 0 bridgehead atoms. The van der Waals surface area contributed by atoms with Gasteiger partial charge in [0.15, 0.2) is 0 Å². The summed E-state index contributed by atoms with van der Waals surface area (Å²) in [4.78, 5) is 0. The van der Waals surface area contributed by atoms with Gasteiger partial charge in [-0.05, 0) is 32.4 Å². The molecule has 1 atom stereocenters. The Bertz CT molecular complexity index is 157. The van der Waals surface area contributed by atoms with E-state index < -0.39 is 0 Å². The fourth-order valence-electron chi connectivity index (χ4n) is 1.48. The van der Waals surface area contributed by atoms with Crippen LogP contribution in [0, 0.1) is 0 Å². The van der Waals surface area contributed by atoms with Gasteiger partial charge in [0.05, 0.1) is 6.61 Å². The summed E-state index contributed by atoms with van der Waals surface area (Å²) < 4.78 is 0.312. The average Bonchev–Trinajstić information content (AvgIpc) is 2.36. The van der Waals surface area contributed by atoms with Gasteiger partial charge in [0.1, 0.15) is 0 Å². The van der Waals surface area contributed by atoms with Gasteiger partial charge in [-0.15, -0.1) is 0 Å². The van der Waals surface area contributed by atoms with E-state index in [0.29, 0.717) is 4.75 Å². The van der Waals surface area contributed by atoms with Crippen molar-refractivity contribution in [1.82, 2.24) is 0 Å². The Morgan fingerprint density at radius 1 is 1.73 bits per heavy atom. The lowest BCUT2D eigenvalue weighted by Gasteiger charge is -2.18. The van der Waals surface area contributed by atoms with Gasteiger partial charge in [-0.3, -0.25) is 0 Å². The van der Waals surface area contributed by atoms with Crippen LogP contribution in [0.25, 0.3) is 0 Å². The van der Waals surface area contributed by atoms with Crippen LogP contribution in [0.1, 0.15) is 26.7 Å². The third kappa shape index (κ3) is 2.53. The zero-order valence-corrected chi connectivity index (χ0v) is 8.08. The third-order valence-electron chi connectivity index (χ3n) is 2.05. The Balaban J connectivity index is 2.58. The molecule has 1 aliphatic heterocycles. The van der Waals surface area contributed by atoms with E-state index in [1.165, 1.54) is 18.6 Å².